The Balaban J connectivity index is 2.99. The molecule has 0 aromatic carbocycles. The third kappa shape index (κ3) is 3.43. The zero-order valence-corrected chi connectivity index (χ0v) is 11.6. The Morgan fingerprint density at radius 1 is 1.47 bits per heavy atom. The normalized spacial score (nSPS) is 12.7. The molecule has 0 bridgehead atoms. The lowest BCUT2D eigenvalue weighted by Gasteiger charge is -2.19. The second kappa shape index (κ2) is 6.60. The van der Waals surface area contributed by atoms with Gasteiger partial charge in [-0.15, -0.1) is 0 Å². The predicted octanol–water partition coefficient (Wildman–Crippen LogP) is 3.08. The first kappa shape index (κ1) is 14.0. The predicted molar refractivity (Wildman–Crippen MR) is 73.1 cm³/mol. The summed E-state index contributed by atoms with van der Waals surface area (Å²) in [6.45, 7) is 14.5. The smallest absolute Gasteiger partial charge is 0.0702 e. The summed E-state index contributed by atoms with van der Waals surface area (Å²) >= 11 is 0. The molecule has 1 heterocycles. The Kier molecular flexibility index (Phi) is 5.42. The summed E-state index contributed by atoms with van der Waals surface area (Å²) in [7, 11) is 0. The fourth-order valence-corrected chi connectivity index (χ4v) is 1.97. The van der Waals surface area contributed by atoms with Crippen molar-refractivity contribution in [2.45, 2.75) is 53.1 Å². The van der Waals surface area contributed by atoms with Crippen LogP contribution in [0.15, 0.2) is 18.2 Å². The van der Waals surface area contributed by atoms with Gasteiger partial charge < -0.3 is 5.32 Å². The maximum Gasteiger partial charge on any atom is 0.0702 e. The number of hydrogen-bond acceptors (Lipinski definition) is 2. The van der Waals surface area contributed by atoms with Gasteiger partial charge in [0.25, 0.3) is 0 Å². The molecule has 1 unspecified atom stereocenters. The molecule has 1 aromatic heterocycles. The van der Waals surface area contributed by atoms with E-state index >= 15 is 0 Å². The first-order chi connectivity index (χ1) is 8.13. The number of rotatable bonds is 7. The van der Waals surface area contributed by atoms with Gasteiger partial charge in [-0.05, 0) is 39.3 Å². The molecule has 0 aliphatic carbocycles. The largest absolute Gasteiger partial charge is 0.305 e. The molecule has 1 rings (SSSR count). The monoisotopic (exact) mass is 235 g/mol. The SMILES string of the molecule is C=C(C)C(NCCC)c1cc(CC)nn1CC. The molecule has 96 valence electrons. The van der Waals surface area contributed by atoms with E-state index in [1.54, 1.807) is 0 Å². The molecule has 0 aliphatic rings. The lowest BCUT2D eigenvalue weighted by molar-refractivity contribution is 0.523. The van der Waals surface area contributed by atoms with Gasteiger partial charge in [-0.2, -0.15) is 5.10 Å². The molecule has 1 N–H and O–H groups in total. The molecule has 0 saturated heterocycles. The van der Waals surface area contributed by atoms with Crippen molar-refractivity contribution >= 4 is 0 Å². The molecule has 3 nitrogen and oxygen atoms in total. The van der Waals surface area contributed by atoms with Gasteiger partial charge in [-0.25, -0.2) is 0 Å². The standard InChI is InChI=1S/C14H25N3/c1-6-9-15-14(11(4)5)13-10-12(7-2)16-17(13)8-3/h10,14-15H,4,6-9H2,1-3,5H3. The molecule has 1 aromatic rings. The van der Waals surface area contributed by atoms with Crippen LogP contribution in [-0.2, 0) is 13.0 Å². The number of nitrogens with zero attached hydrogens (tertiary/aromatic N) is 2. The molecule has 17 heavy (non-hydrogen) atoms. The maximum absolute atomic E-state index is 4.59. The van der Waals surface area contributed by atoms with Gasteiger partial charge in [-0.3, -0.25) is 4.68 Å². The Labute approximate surface area is 105 Å². The van der Waals surface area contributed by atoms with Gasteiger partial charge in [-0.1, -0.05) is 26.0 Å². The lowest BCUT2D eigenvalue weighted by Crippen LogP contribution is -2.25. The summed E-state index contributed by atoms with van der Waals surface area (Å²) in [6, 6.07) is 2.42. The summed E-state index contributed by atoms with van der Waals surface area (Å²) in [4.78, 5) is 0. The van der Waals surface area contributed by atoms with Crippen LogP contribution in [0.3, 0.4) is 0 Å². The minimum Gasteiger partial charge on any atom is -0.305 e. The summed E-state index contributed by atoms with van der Waals surface area (Å²) < 4.78 is 2.08. The zero-order chi connectivity index (χ0) is 12.8. The van der Waals surface area contributed by atoms with Gasteiger partial charge in [0, 0.05) is 6.54 Å². The highest BCUT2D eigenvalue weighted by Crippen LogP contribution is 2.21. The molecule has 0 spiro atoms. The quantitative estimate of drug-likeness (QED) is 0.736. The van der Waals surface area contributed by atoms with Crippen LogP contribution < -0.4 is 5.32 Å². The van der Waals surface area contributed by atoms with E-state index in [-0.39, 0.29) is 6.04 Å². The van der Waals surface area contributed by atoms with Crippen molar-refractivity contribution in [3.05, 3.63) is 29.6 Å². The van der Waals surface area contributed by atoms with Crippen molar-refractivity contribution in [1.82, 2.24) is 15.1 Å². The summed E-state index contributed by atoms with van der Waals surface area (Å²) in [5, 5.41) is 8.13. The Bertz CT molecular complexity index is 366. The van der Waals surface area contributed by atoms with E-state index in [1.807, 2.05) is 0 Å². The van der Waals surface area contributed by atoms with Crippen molar-refractivity contribution < 1.29 is 0 Å². The topological polar surface area (TPSA) is 29.9 Å². The Morgan fingerprint density at radius 2 is 2.18 bits per heavy atom. The summed E-state index contributed by atoms with van der Waals surface area (Å²) in [5.41, 5.74) is 3.55. The summed E-state index contributed by atoms with van der Waals surface area (Å²) in [5.74, 6) is 0. The van der Waals surface area contributed by atoms with Crippen molar-refractivity contribution in [1.29, 1.82) is 0 Å². The fraction of sp³-hybridized carbons (Fsp3) is 0.643. The van der Waals surface area contributed by atoms with Gasteiger partial charge >= 0.3 is 0 Å². The van der Waals surface area contributed by atoms with E-state index < -0.39 is 0 Å². The molecule has 0 aliphatic heterocycles. The molecular formula is C14H25N3. The van der Waals surface area contributed by atoms with Gasteiger partial charge in [0.05, 0.1) is 17.4 Å². The Morgan fingerprint density at radius 3 is 2.65 bits per heavy atom. The van der Waals surface area contributed by atoms with Crippen LogP contribution in [-0.4, -0.2) is 16.3 Å². The van der Waals surface area contributed by atoms with E-state index in [9.17, 15) is 0 Å². The average Bonchev–Trinajstić information content (AvgIpc) is 2.72. The van der Waals surface area contributed by atoms with Crippen LogP contribution in [0.4, 0.5) is 0 Å². The third-order valence-electron chi connectivity index (χ3n) is 2.91. The van der Waals surface area contributed by atoms with Crippen LogP contribution in [0.25, 0.3) is 0 Å². The first-order valence-corrected chi connectivity index (χ1v) is 6.59. The average molecular weight is 235 g/mol. The van der Waals surface area contributed by atoms with E-state index in [0.29, 0.717) is 0 Å². The molecule has 3 heteroatoms. The van der Waals surface area contributed by atoms with E-state index in [1.165, 1.54) is 5.69 Å². The van der Waals surface area contributed by atoms with Gasteiger partial charge in [0.2, 0.25) is 0 Å². The second-order valence-electron chi connectivity index (χ2n) is 4.46. The molecule has 0 saturated carbocycles. The third-order valence-corrected chi connectivity index (χ3v) is 2.91. The fourth-order valence-electron chi connectivity index (χ4n) is 1.97. The minimum atomic E-state index is 0.225. The van der Waals surface area contributed by atoms with Crippen LogP contribution in [0.5, 0.6) is 0 Å². The first-order valence-electron chi connectivity index (χ1n) is 6.59. The van der Waals surface area contributed by atoms with Crippen LogP contribution in [0.2, 0.25) is 0 Å². The van der Waals surface area contributed by atoms with E-state index in [2.05, 4.69) is 55.4 Å². The van der Waals surface area contributed by atoms with Crippen molar-refractivity contribution in [2.75, 3.05) is 6.54 Å². The van der Waals surface area contributed by atoms with Crippen LogP contribution in [0.1, 0.15) is 51.5 Å². The maximum atomic E-state index is 4.59. The highest BCUT2D eigenvalue weighted by molar-refractivity contribution is 5.22. The van der Waals surface area contributed by atoms with Crippen LogP contribution >= 0.6 is 0 Å². The van der Waals surface area contributed by atoms with Gasteiger partial charge in [0.15, 0.2) is 0 Å². The van der Waals surface area contributed by atoms with E-state index in [4.69, 9.17) is 0 Å². The van der Waals surface area contributed by atoms with Crippen molar-refractivity contribution in [3.8, 4) is 0 Å². The van der Waals surface area contributed by atoms with Crippen LogP contribution in [0, 0.1) is 0 Å². The second-order valence-corrected chi connectivity index (χ2v) is 4.46. The molecule has 0 fully saturated rings. The minimum absolute atomic E-state index is 0.225. The van der Waals surface area contributed by atoms with Crippen molar-refractivity contribution in [2.24, 2.45) is 0 Å². The molecule has 0 amide bonds. The number of nitrogens with one attached hydrogen (secondary N) is 1. The molecule has 1 atom stereocenters. The zero-order valence-electron chi connectivity index (χ0n) is 11.6. The number of aromatic nitrogens is 2. The number of aryl methyl sites for hydroxylation is 2. The van der Waals surface area contributed by atoms with Crippen molar-refractivity contribution in [3.63, 3.8) is 0 Å². The molecule has 0 radical (unpaired) electrons. The lowest BCUT2D eigenvalue weighted by atomic mass is 10.1. The summed E-state index contributed by atoms with van der Waals surface area (Å²) in [6.07, 6.45) is 2.11. The highest BCUT2D eigenvalue weighted by atomic mass is 15.3. The number of hydrogen-bond donors (Lipinski definition) is 1. The Hall–Kier alpha value is -1.09. The molecular weight excluding hydrogens is 210 g/mol. The highest BCUT2D eigenvalue weighted by Gasteiger charge is 2.17. The van der Waals surface area contributed by atoms with Gasteiger partial charge in [0.1, 0.15) is 0 Å². The van der Waals surface area contributed by atoms with E-state index in [0.717, 1.165) is 37.2 Å².